The van der Waals surface area contributed by atoms with E-state index in [1.54, 1.807) is 11.3 Å². The summed E-state index contributed by atoms with van der Waals surface area (Å²) < 4.78 is 4.39. The van der Waals surface area contributed by atoms with Gasteiger partial charge in [0.25, 0.3) is 12.9 Å². The Kier molecular flexibility index (Phi) is 28.9. The number of carboxylic acid groups (broad SMARTS) is 1. The molecule has 0 radical (unpaired) electrons. The molecule has 1 aromatic rings. The van der Waals surface area contributed by atoms with Crippen molar-refractivity contribution in [1.82, 2.24) is 0 Å². The molecule has 0 aliphatic rings. The van der Waals surface area contributed by atoms with Crippen molar-refractivity contribution < 1.29 is 19.4 Å². The van der Waals surface area contributed by atoms with Gasteiger partial charge in [-0.3, -0.25) is 9.59 Å². The molecule has 0 saturated heterocycles. The summed E-state index contributed by atoms with van der Waals surface area (Å²) in [7, 11) is 1.98. The molecule has 0 aliphatic heterocycles. The van der Waals surface area contributed by atoms with E-state index in [4.69, 9.17) is 9.90 Å². The van der Waals surface area contributed by atoms with Crippen LogP contribution < -0.4 is 5.32 Å². The zero-order chi connectivity index (χ0) is 20.6. The second-order valence-corrected chi connectivity index (χ2v) is 6.34. The van der Waals surface area contributed by atoms with Gasteiger partial charge < -0.3 is 15.2 Å². The van der Waals surface area contributed by atoms with Crippen LogP contribution in [0.5, 0.6) is 0 Å². The second kappa shape index (κ2) is 25.7. The van der Waals surface area contributed by atoms with Gasteiger partial charge in [0, 0.05) is 7.05 Å². The zero-order valence-electron chi connectivity index (χ0n) is 17.5. The first-order valence-electron chi connectivity index (χ1n) is 9.41. The molecule has 154 valence electrons. The number of rotatable bonds is 9. The molecule has 26 heavy (non-hydrogen) atoms. The molecule has 0 saturated carbocycles. The van der Waals surface area contributed by atoms with Gasteiger partial charge in [0.2, 0.25) is 0 Å². The van der Waals surface area contributed by atoms with E-state index in [1.165, 1.54) is 41.8 Å². The fourth-order valence-corrected chi connectivity index (χ4v) is 2.90. The Balaban J connectivity index is -0.000000294. The van der Waals surface area contributed by atoms with Crippen molar-refractivity contribution in [1.29, 1.82) is 0 Å². The highest BCUT2D eigenvalue weighted by Gasteiger charge is 2.03. The van der Waals surface area contributed by atoms with Crippen LogP contribution in [0.2, 0.25) is 0 Å². The Morgan fingerprint density at radius 2 is 1.58 bits per heavy atom. The van der Waals surface area contributed by atoms with Gasteiger partial charge in [0.15, 0.2) is 0 Å². The molecule has 1 heterocycles. The maximum Gasteiger partial charge on any atom is 0.293 e. The van der Waals surface area contributed by atoms with Crippen molar-refractivity contribution in [3.8, 4) is 0 Å². The average Bonchev–Trinajstić information content (AvgIpc) is 3.02. The SMILES string of the molecule is CCCCCC.CCCCOC=O.CCc1c(C)csc1NC.O=CO. The van der Waals surface area contributed by atoms with E-state index >= 15 is 0 Å². The normalized spacial score (nSPS) is 8.54. The number of aryl methyl sites for hydroxylation is 1. The molecule has 0 amide bonds. The molecule has 0 unspecified atom stereocenters. The summed E-state index contributed by atoms with van der Waals surface area (Å²) in [5.74, 6) is 0. The van der Waals surface area contributed by atoms with Crippen molar-refractivity contribution in [2.45, 2.75) is 79.6 Å². The Bertz CT molecular complexity index is 405. The summed E-state index contributed by atoms with van der Waals surface area (Å²) in [4.78, 5) is 17.8. The molecule has 1 rings (SSSR count). The topological polar surface area (TPSA) is 75.6 Å². The van der Waals surface area contributed by atoms with E-state index in [-0.39, 0.29) is 6.47 Å². The lowest BCUT2D eigenvalue weighted by atomic mass is 10.1. The van der Waals surface area contributed by atoms with E-state index in [0.29, 0.717) is 13.1 Å². The van der Waals surface area contributed by atoms with Crippen LogP contribution in [0.1, 0.15) is 77.3 Å². The quantitative estimate of drug-likeness (QED) is 0.406. The number of thiophene rings is 1. The summed E-state index contributed by atoms with van der Waals surface area (Å²) in [6.07, 6.45) is 8.72. The van der Waals surface area contributed by atoms with E-state index in [1.807, 2.05) is 14.0 Å². The van der Waals surface area contributed by atoms with Gasteiger partial charge in [0.05, 0.1) is 11.6 Å². The Morgan fingerprint density at radius 3 is 1.88 bits per heavy atom. The summed E-state index contributed by atoms with van der Waals surface area (Å²) in [6.45, 7) is 11.7. The van der Waals surface area contributed by atoms with Gasteiger partial charge in [0.1, 0.15) is 0 Å². The number of hydrogen-bond acceptors (Lipinski definition) is 5. The molecule has 0 atom stereocenters. The first-order valence-corrected chi connectivity index (χ1v) is 10.3. The maximum absolute atomic E-state index is 9.46. The minimum absolute atomic E-state index is 0.250. The van der Waals surface area contributed by atoms with Crippen molar-refractivity contribution in [2.75, 3.05) is 19.0 Å². The van der Waals surface area contributed by atoms with Crippen molar-refractivity contribution in [2.24, 2.45) is 0 Å². The average molecular weight is 390 g/mol. The zero-order valence-corrected chi connectivity index (χ0v) is 18.3. The van der Waals surface area contributed by atoms with E-state index in [2.05, 4.69) is 43.1 Å². The smallest absolute Gasteiger partial charge is 0.293 e. The van der Waals surface area contributed by atoms with Gasteiger partial charge in [-0.25, -0.2) is 0 Å². The number of carbonyl (C=O) groups excluding carboxylic acids is 1. The van der Waals surface area contributed by atoms with Crippen LogP contribution in [-0.2, 0) is 20.7 Å². The van der Waals surface area contributed by atoms with Gasteiger partial charge in [-0.2, -0.15) is 0 Å². The first kappa shape index (κ1) is 29.2. The lowest BCUT2D eigenvalue weighted by molar-refractivity contribution is -0.128. The van der Waals surface area contributed by atoms with Gasteiger partial charge >= 0.3 is 0 Å². The Morgan fingerprint density at radius 1 is 1.08 bits per heavy atom. The fourth-order valence-electron chi connectivity index (χ4n) is 1.89. The summed E-state index contributed by atoms with van der Waals surface area (Å²) in [6, 6.07) is 0. The van der Waals surface area contributed by atoms with E-state index in [0.717, 1.165) is 19.3 Å². The molecule has 6 heteroatoms. The van der Waals surface area contributed by atoms with Gasteiger partial charge in [-0.15, -0.1) is 11.3 Å². The van der Waals surface area contributed by atoms with E-state index in [9.17, 15) is 4.79 Å². The number of nitrogens with one attached hydrogen (secondary N) is 1. The van der Waals surface area contributed by atoms with Crippen LogP contribution in [0.15, 0.2) is 5.38 Å². The fraction of sp³-hybridized carbons (Fsp3) is 0.700. The van der Waals surface area contributed by atoms with Gasteiger partial charge in [-0.1, -0.05) is 59.8 Å². The van der Waals surface area contributed by atoms with Crippen LogP contribution in [0.3, 0.4) is 0 Å². The van der Waals surface area contributed by atoms with Crippen LogP contribution in [0, 0.1) is 6.92 Å². The molecule has 0 spiro atoms. The predicted octanol–water partition coefficient (Wildman–Crippen LogP) is 5.91. The summed E-state index contributed by atoms with van der Waals surface area (Å²) >= 11 is 1.79. The van der Waals surface area contributed by atoms with Crippen LogP contribution >= 0.6 is 11.3 Å². The van der Waals surface area contributed by atoms with Crippen molar-refractivity contribution in [3.63, 3.8) is 0 Å². The van der Waals surface area contributed by atoms with Crippen LogP contribution in [0.4, 0.5) is 5.00 Å². The summed E-state index contributed by atoms with van der Waals surface area (Å²) in [5, 5.41) is 13.6. The Hall–Kier alpha value is -1.56. The molecule has 0 bridgehead atoms. The standard InChI is InChI=1S/C8H13NS.C6H14.C5H10O2.CH2O2/c1-4-7-6(2)5-10-8(7)9-3;1-3-5-6-4-2;1-2-3-4-7-5-6;2-1-3/h5,9H,4H2,1-3H3;3-6H2,1-2H3;5H,2-4H2,1H3;1H,(H,2,3). The van der Waals surface area contributed by atoms with Gasteiger partial charge in [-0.05, 0) is 36.3 Å². The minimum atomic E-state index is -0.250. The molecule has 1 aromatic heterocycles. The highest BCUT2D eigenvalue weighted by molar-refractivity contribution is 7.14. The largest absolute Gasteiger partial charge is 0.483 e. The highest BCUT2D eigenvalue weighted by Crippen LogP contribution is 2.27. The van der Waals surface area contributed by atoms with Crippen molar-refractivity contribution in [3.05, 3.63) is 16.5 Å². The molecule has 5 nitrogen and oxygen atoms in total. The van der Waals surface area contributed by atoms with Crippen molar-refractivity contribution >= 4 is 29.3 Å². The predicted molar refractivity (Wildman–Crippen MR) is 113 cm³/mol. The summed E-state index contributed by atoms with van der Waals surface area (Å²) in [5.41, 5.74) is 2.88. The lowest BCUT2D eigenvalue weighted by Gasteiger charge is -1.99. The minimum Gasteiger partial charge on any atom is -0.483 e. The maximum atomic E-state index is 9.46. The third-order valence-electron chi connectivity index (χ3n) is 3.33. The number of carbonyl (C=O) groups is 2. The number of unbranched alkanes of at least 4 members (excludes halogenated alkanes) is 4. The molecular weight excluding hydrogens is 350 g/mol. The monoisotopic (exact) mass is 389 g/mol. The van der Waals surface area contributed by atoms with Crippen LogP contribution in [-0.4, -0.2) is 31.7 Å². The van der Waals surface area contributed by atoms with E-state index < -0.39 is 0 Å². The lowest BCUT2D eigenvalue weighted by Crippen LogP contribution is -1.89. The molecule has 0 aliphatic carbocycles. The molecular formula is C20H39NO4S. The Labute approximate surface area is 164 Å². The molecule has 0 aromatic carbocycles. The van der Waals surface area contributed by atoms with Crippen LogP contribution in [0.25, 0.3) is 0 Å². The second-order valence-electron chi connectivity index (χ2n) is 5.46. The third-order valence-corrected chi connectivity index (χ3v) is 4.48. The number of ether oxygens (including phenoxy) is 1. The molecule has 0 fully saturated rings. The third kappa shape index (κ3) is 20.5. The first-order chi connectivity index (χ1) is 12.5. The molecule has 2 N–H and O–H groups in total. The highest BCUT2D eigenvalue weighted by atomic mass is 32.1. The number of anilines is 1. The number of hydrogen-bond donors (Lipinski definition) is 2.